The Morgan fingerprint density at radius 3 is 2.47 bits per heavy atom. The number of ether oxygens (including phenoxy) is 1. The Kier molecular flexibility index (Phi) is 4.39. The Labute approximate surface area is 98.1 Å². The fraction of sp³-hybridized carbons (Fsp3) is 0.300. The van der Waals surface area contributed by atoms with Gasteiger partial charge in [0.05, 0.1) is 0 Å². The standard InChI is InChI=1S/C10H10Cl2O3/c1-2-14-10(11,9(13)15-12)8-6-4-3-5-7-8/h3-7H,2H2,1H3. The summed E-state index contributed by atoms with van der Waals surface area (Å²) >= 11 is 11.0. The summed E-state index contributed by atoms with van der Waals surface area (Å²) in [6.07, 6.45) is 0. The summed E-state index contributed by atoms with van der Waals surface area (Å²) in [7, 11) is 0. The number of hydrogen-bond donors (Lipinski definition) is 0. The minimum atomic E-state index is -1.67. The van der Waals surface area contributed by atoms with Crippen molar-refractivity contribution in [3.8, 4) is 0 Å². The third-order valence-corrected chi connectivity index (χ3v) is 2.44. The molecule has 0 aliphatic heterocycles. The van der Waals surface area contributed by atoms with Gasteiger partial charge in [-0.25, -0.2) is 4.79 Å². The van der Waals surface area contributed by atoms with E-state index in [1.165, 1.54) is 0 Å². The maximum Gasteiger partial charge on any atom is 0.377 e. The summed E-state index contributed by atoms with van der Waals surface area (Å²) < 4.78 is 9.27. The molecule has 0 aliphatic rings. The van der Waals surface area contributed by atoms with Gasteiger partial charge < -0.3 is 9.03 Å². The summed E-state index contributed by atoms with van der Waals surface area (Å²) in [5.41, 5.74) is 0.485. The van der Waals surface area contributed by atoms with Crippen molar-refractivity contribution in [1.82, 2.24) is 0 Å². The second kappa shape index (κ2) is 5.35. The van der Waals surface area contributed by atoms with Gasteiger partial charge in [0, 0.05) is 12.2 Å². The van der Waals surface area contributed by atoms with E-state index < -0.39 is 11.0 Å². The lowest BCUT2D eigenvalue weighted by Crippen LogP contribution is -2.33. The Hall–Kier alpha value is -0.770. The molecule has 0 saturated carbocycles. The van der Waals surface area contributed by atoms with Crippen molar-refractivity contribution in [3.63, 3.8) is 0 Å². The fourth-order valence-electron chi connectivity index (χ4n) is 1.16. The van der Waals surface area contributed by atoms with Crippen LogP contribution in [0.5, 0.6) is 0 Å². The van der Waals surface area contributed by atoms with Crippen molar-refractivity contribution in [3.05, 3.63) is 35.9 Å². The third kappa shape index (κ3) is 2.62. The molecule has 1 aromatic carbocycles. The molecule has 0 radical (unpaired) electrons. The molecular formula is C10H10Cl2O3. The smallest absolute Gasteiger partial charge is 0.347 e. The van der Waals surface area contributed by atoms with E-state index in [4.69, 9.17) is 28.2 Å². The Balaban J connectivity index is 3.06. The molecule has 82 valence electrons. The SMILES string of the molecule is CCOC(Cl)(C(=O)OCl)c1ccccc1. The second-order valence-electron chi connectivity index (χ2n) is 2.76. The molecule has 3 nitrogen and oxygen atoms in total. The molecule has 1 atom stereocenters. The van der Waals surface area contributed by atoms with Gasteiger partial charge in [0.15, 0.2) is 0 Å². The van der Waals surface area contributed by atoms with Gasteiger partial charge in [0.25, 0.3) is 5.06 Å². The largest absolute Gasteiger partial charge is 0.377 e. The Bertz CT molecular complexity index is 329. The summed E-state index contributed by atoms with van der Waals surface area (Å²) in [5, 5.41) is -1.67. The first-order chi connectivity index (χ1) is 7.15. The number of carbonyl (C=O) groups is 1. The molecule has 1 unspecified atom stereocenters. The van der Waals surface area contributed by atoms with Gasteiger partial charge in [0.1, 0.15) is 11.9 Å². The molecule has 0 aromatic heterocycles. The van der Waals surface area contributed by atoms with Gasteiger partial charge in [-0.3, -0.25) is 0 Å². The number of benzene rings is 1. The highest BCUT2D eigenvalue weighted by atomic mass is 35.5. The topological polar surface area (TPSA) is 35.5 Å². The number of hydrogen-bond acceptors (Lipinski definition) is 3. The van der Waals surface area contributed by atoms with Crippen LogP contribution < -0.4 is 0 Å². The minimum Gasteiger partial charge on any atom is -0.347 e. The Morgan fingerprint density at radius 1 is 1.40 bits per heavy atom. The maximum atomic E-state index is 11.4. The first kappa shape index (κ1) is 12.3. The maximum absolute atomic E-state index is 11.4. The number of rotatable bonds is 4. The van der Waals surface area contributed by atoms with Crippen LogP contribution in [0.2, 0.25) is 0 Å². The van der Waals surface area contributed by atoms with Gasteiger partial charge >= 0.3 is 5.97 Å². The summed E-state index contributed by atoms with van der Waals surface area (Å²) in [6.45, 7) is 1.99. The van der Waals surface area contributed by atoms with Crippen LogP contribution in [0.3, 0.4) is 0 Å². The molecule has 0 bridgehead atoms. The molecule has 0 N–H and O–H groups in total. The van der Waals surface area contributed by atoms with Crippen LogP contribution in [0.25, 0.3) is 0 Å². The lowest BCUT2D eigenvalue weighted by atomic mass is 10.1. The lowest BCUT2D eigenvalue weighted by molar-refractivity contribution is -0.152. The van der Waals surface area contributed by atoms with E-state index in [2.05, 4.69) is 4.29 Å². The molecular weight excluding hydrogens is 239 g/mol. The number of carbonyl (C=O) groups excluding carboxylic acids is 1. The van der Waals surface area contributed by atoms with E-state index >= 15 is 0 Å². The number of halogens is 2. The van der Waals surface area contributed by atoms with Gasteiger partial charge in [-0.2, -0.15) is 0 Å². The Morgan fingerprint density at radius 2 is 2.00 bits per heavy atom. The molecule has 15 heavy (non-hydrogen) atoms. The quantitative estimate of drug-likeness (QED) is 0.769. The summed E-state index contributed by atoms with van der Waals surface area (Å²) in [4.78, 5) is 11.4. The van der Waals surface area contributed by atoms with Gasteiger partial charge in [-0.05, 0) is 6.92 Å². The molecule has 5 heteroatoms. The van der Waals surface area contributed by atoms with E-state index in [1.54, 1.807) is 37.3 Å². The average Bonchev–Trinajstić information content (AvgIpc) is 2.29. The molecule has 0 aliphatic carbocycles. The van der Waals surface area contributed by atoms with Crippen molar-refractivity contribution in [2.24, 2.45) is 0 Å². The van der Waals surface area contributed by atoms with Crippen LogP contribution >= 0.6 is 23.5 Å². The monoisotopic (exact) mass is 248 g/mol. The first-order valence-corrected chi connectivity index (χ1v) is 5.05. The van der Waals surface area contributed by atoms with E-state index in [0.29, 0.717) is 5.56 Å². The van der Waals surface area contributed by atoms with Gasteiger partial charge in [-0.1, -0.05) is 41.9 Å². The summed E-state index contributed by atoms with van der Waals surface area (Å²) in [5.74, 6) is -0.848. The molecule has 0 heterocycles. The minimum absolute atomic E-state index is 0.268. The highest BCUT2D eigenvalue weighted by Crippen LogP contribution is 2.32. The average molecular weight is 249 g/mol. The highest BCUT2D eigenvalue weighted by Gasteiger charge is 2.41. The van der Waals surface area contributed by atoms with Crippen molar-refractivity contribution in [2.75, 3.05) is 6.61 Å². The normalized spacial score (nSPS) is 14.3. The van der Waals surface area contributed by atoms with E-state index in [1.807, 2.05) is 0 Å². The molecule has 0 amide bonds. The van der Waals surface area contributed by atoms with Crippen LogP contribution in [0.4, 0.5) is 0 Å². The highest BCUT2D eigenvalue weighted by molar-refractivity contribution is 6.34. The fourth-order valence-corrected chi connectivity index (χ4v) is 1.58. The zero-order chi connectivity index (χ0) is 11.3. The van der Waals surface area contributed by atoms with Gasteiger partial charge in [0.2, 0.25) is 0 Å². The van der Waals surface area contributed by atoms with Crippen LogP contribution in [-0.4, -0.2) is 12.6 Å². The van der Waals surface area contributed by atoms with Crippen molar-refractivity contribution in [2.45, 2.75) is 12.0 Å². The molecule has 1 aromatic rings. The molecule has 0 saturated heterocycles. The number of alkyl halides is 1. The van der Waals surface area contributed by atoms with Crippen LogP contribution in [0.15, 0.2) is 30.3 Å². The predicted molar refractivity (Wildman–Crippen MR) is 57.5 cm³/mol. The molecule has 1 rings (SSSR count). The van der Waals surface area contributed by atoms with Crippen molar-refractivity contribution >= 4 is 29.4 Å². The van der Waals surface area contributed by atoms with Gasteiger partial charge in [-0.15, -0.1) is 0 Å². The van der Waals surface area contributed by atoms with Crippen LogP contribution in [-0.2, 0) is 18.9 Å². The van der Waals surface area contributed by atoms with E-state index in [9.17, 15) is 4.79 Å². The molecule has 0 fully saturated rings. The lowest BCUT2D eigenvalue weighted by Gasteiger charge is -2.23. The second-order valence-corrected chi connectivity index (χ2v) is 3.45. The van der Waals surface area contributed by atoms with Crippen molar-refractivity contribution < 1.29 is 13.8 Å². The molecule has 0 spiro atoms. The zero-order valence-corrected chi connectivity index (χ0v) is 9.59. The van der Waals surface area contributed by atoms with E-state index in [-0.39, 0.29) is 6.61 Å². The summed E-state index contributed by atoms with van der Waals surface area (Å²) in [6, 6.07) is 8.62. The van der Waals surface area contributed by atoms with Crippen LogP contribution in [0.1, 0.15) is 12.5 Å². The third-order valence-electron chi connectivity index (χ3n) is 1.82. The van der Waals surface area contributed by atoms with Crippen molar-refractivity contribution in [1.29, 1.82) is 0 Å². The predicted octanol–water partition coefficient (Wildman–Crippen LogP) is 2.81. The van der Waals surface area contributed by atoms with Crippen LogP contribution in [0, 0.1) is 0 Å². The zero-order valence-electron chi connectivity index (χ0n) is 8.07. The first-order valence-electron chi connectivity index (χ1n) is 4.36. The van der Waals surface area contributed by atoms with E-state index in [0.717, 1.165) is 0 Å².